The second-order valence-corrected chi connectivity index (χ2v) is 7.16. The molecule has 13 nitrogen and oxygen atoms in total. The summed E-state index contributed by atoms with van der Waals surface area (Å²) in [6.07, 6.45) is -5.52. The van der Waals surface area contributed by atoms with Crippen LogP contribution in [0.2, 0.25) is 0 Å². The molecule has 139 valence electrons. The average Bonchev–Trinajstić information content (AvgIpc) is 2.95. The molecule has 2 aromatic heterocycles. The molecular weight excluding hydrogens is 452 g/mol. The molecular formula is C10H13BrN5NaO8P. The number of fused-ring (bicyclic) bond motifs is 1. The van der Waals surface area contributed by atoms with Crippen molar-refractivity contribution < 1.29 is 33.8 Å². The van der Waals surface area contributed by atoms with Crippen LogP contribution in [0.25, 0.3) is 11.2 Å². The summed E-state index contributed by atoms with van der Waals surface area (Å²) in [5, 5.41) is 20.2. The van der Waals surface area contributed by atoms with Crippen molar-refractivity contribution in [2.45, 2.75) is 24.5 Å². The zero-order chi connectivity index (χ0) is 18.5. The fourth-order valence-corrected chi connectivity index (χ4v) is 3.34. The van der Waals surface area contributed by atoms with Crippen LogP contribution in [0.5, 0.6) is 0 Å². The minimum atomic E-state index is -4.78. The number of aromatic amines is 1. The van der Waals surface area contributed by atoms with Crippen LogP contribution < -0.4 is 11.3 Å². The van der Waals surface area contributed by atoms with Crippen LogP contribution in [0.4, 0.5) is 5.95 Å². The third kappa shape index (κ3) is 4.20. The number of ether oxygens (including phenoxy) is 1. The van der Waals surface area contributed by atoms with Crippen molar-refractivity contribution in [3.63, 3.8) is 0 Å². The van der Waals surface area contributed by atoms with Crippen LogP contribution in [-0.2, 0) is 13.8 Å². The van der Waals surface area contributed by atoms with Crippen LogP contribution in [-0.4, -0.2) is 94.0 Å². The number of aromatic nitrogens is 4. The van der Waals surface area contributed by atoms with E-state index in [4.69, 9.17) is 20.3 Å². The Labute approximate surface area is 175 Å². The van der Waals surface area contributed by atoms with Crippen molar-refractivity contribution in [2.75, 3.05) is 12.3 Å². The molecule has 4 atom stereocenters. The van der Waals surface area contributed by atoms with Crippen molar-refractivity contribution in [3.05, 3.63) is 15.1 Å². The number of nitrogens with one attached hydrogen (secondary N) is 1. The summed E-state index contributed by atoms with van der Waals surface area (Å²) in [7, 11) is -4.78. The Balaban J connectivity index is 0.00000243. The minimum Gasteiger partial charge on any atom is -0.387 e. The van der Waals surface area contributed by atoms with Gasteiger partial charge >= 0.3 is 7.82 Å². The van der Waals surface area contributed by atoms with E-state index in [-0.39, 0.29) is 51.4 Å². The summed E-state index contributed by atoms with van der Waals surface area (Å²) in [5.74, 6) is -0.194. The molecule has 0 saturated carbocycles. The van der Waals surface area contributed by atoms with E-state index in [2.05, 4.69) is 35.4 Å². The topological polar surface area (TPSA) is 206 Å². The number of hydrogen-bond donors (Lipinski definition) is 6. The standard InChI is InChI=1S/C10H13BrN5O8P.Na/c11-9-13-3-6(14-10(12)15-7(3)19)16(9)8-5(18)4(17)2(24-8)1-23-25(20,21)22;/h2,4-5,8,17-18H,1H2,(H2,20,21,22)(H3,12,14,15,19);. The number of halogens is 1. The number of phosphoric acid groups is 1. The predicted molar refractivity (Wildman–Crippen MR) is 89.9 cm³/mol. The van der Waals surface area contributed by atoms with Crippen molar-refractivity contribution in [2.24, 2.45) is 0 Å². The number of H-pyrrole nitrogens is 1. The van der Waals surface area contributed by atoms with E-state index in [0.717, 1.165) is 0 Å². The first-order valence-corrected chi connectivity index (χ1v) is 9.05. The molecule has 2 aromatic rings. The second-order valence-electron chi connectivity index (χ2n) is 5.21. The first-order valence-electron chi connectivity index (χ1n) is 6.73. The number of phosphoric ester groups is 1. The zero-order valence-corrected chi connectivity index (χ0v) is 17.7. The van der Waals surface area contributed by atoms with E-state index >= 15 is 0 Å². The van der Waals surface area contributed by atoms with Gasteiger partial charge in [0.05, 0.1) is 6.61 Å². The molecule has 7 N–H and O–H groups in total. The Morgan fingerprint density at radius 1 is 1.35 bits per heavy atom. The zero-order valence-electron chi connectivity index (χ0n) is 13.2. The number of anilines is 1. The number of aliphatic hydroxyl groups excluding tert-OH is 2. The van der Waals surface area contributed by atoms with E-state index < -0.39 is 44.5 Å². The first-order chi connectivity index (χ1) is 11.6. The van der Waals surface area contributed by atoms with Gasteiger partial charge in [-0.25, -0.2) is 9.55 Å². The normalized spacial score (nSPS) is 26.2. The Kier molecular flexibility index (Phi) is 6.68. The number of aliphatic hydroxyl groups is 2. The molecule has 3 rings (SSSR count). The molecule has 0 aliphatic carbocycles. The number of nitrogen functional groups attached to an aromatic ring is 1. The van der Waals surface area contributed by atoms with Gasteiger partial charge in [-0.2, -0.15) is 4.98 Å². The summed E-state index contributed by atoms with van der Waals surface area (Å²) in [6, 6.07) is 0. The maximum absolute atomic E-state index is 11.9. The Hall–Kier alpha value is -0.380. The third-order valence-corrected chi connectivity index (χ3v) is 4.57. The van der Waals surface area contributed by atoms with Crippen LogP contribution in [0.15, 0.2) is 9.53 Å². The number of imidazole rings is 1. The SMILES string of the molecule is Nc1nc2c(nc(Br)n2C2OC(COP(=O)(O)O)C(O)C2O)c(=O)[nH]1.[Na]. The first kappa shape index (κ1) is 21.9. The van der Waals surface area contributed by atoms with Gasteiger partial charge in [-0.05, 0) is 15.9 Å². The molecule has 0 amide bonds. The summed E-state index contributed by atoms with van der Waals surface area (Å²) in [5.41, 5.74) is 4.79. The molecule has 1 saturated heterocycles. The van der Waals surface area contributed by atoms with Gasteiger partial charge in [0.2, 0.25) is 5.95 Å². The number of nitrogens with two attached hydrogens (primary N) is 1. The molecule has 1 radical (unpaired) electrons. The van der Waals surface area contributed by atoms with Crippen molar-refractivity contribution >= 4 is 70.4 Å². The van der Waals surface area contributed by atoms with Gasteiger partial charge in [-0.1, -0.05) is 0 Å². The molecule has 26 heavy (non-hydrogen) atoms. The Bertz CT molecular complexity index is 917. The van der Waals surface area contributed by atoms with Crippen molar-refractivity contribution in [1.29, 1.82) is 0 Å². The molecule has 0 spiro atoms. The van der Waals surface area contributed by atoms with Gasteiger partial charge in [0.25, 0.3) is 5.56 Å². The molecule has 1 fully saturated rings. The molecule has 0 aromatic carbocycles. The fourth-order valence-electron chi connectivity index (χ4n) is 2.45. The number of hydrogen-bond acceptors (Lipinski definition) is 9. The van der Waals surface area contributed by atoms with Gasteiger partial charge < -0.3 is 30.5 Å². The van der Waals surface area contributed by atoms with Gasteiger partial charge in [0.15, 0.2) is 22.1 Å². The maximum atomic E-state index is 11.9. The number of rotatable bonds is 4. The fraction of sp³-hybridized carbons (Fsp3) is 0.500. The van der Waals surface area contributed by atoms with Crippen LogP contribution in [0, 0.1) is 0 Å². The molecule has 0 bridgehead atoms. The predicted octanol–water partition coefficient (Wildman–Crippen LogP) is -2.19. The molecule has 16 heteroatoms. The van der Waals surface area contributed by atoms with Crippen LogP contribution in [0.3, 0.4) is 0 Å². The van der Waals surface area contributed by atoms with E-state index in [1.165, 1.54) is 4.57 Å². The van der Waals surface area contributed by atoms with Gasteiger partial charge in [0, 0.05) is 29.6 Å². The molecule has 1 aliphatic heterocycles. The Morgan fingerprint density at radius 2 is 2.00 bits per heavy atom. The van der Waals surface area contributed by atoms with E-state index in [1.54, 1.807) is 0 Å². The summed E-state index contributed by atoms with van der Waals surface area (Å²) in [4.78, 5) is 39.5. The van der Waals surface area contributed by atoms with Gasteiger partial charge in [-0.3, -0.25) is 18.9 Å². The third-order valence-electron chi connectivity index (χ3n) is 3.52. The van der Waals surface area contributed by atoms with Crippen LogP contribution in [0.1, 0.15) is 6.23 Å². The van der Waals surface area contributed by atoms with Gasteiger partial charge in [-0.15, -0.1) is 0 Å². The Morgan fingerprint density at radius 3 is 2.62 bits per heavy atom. The van der Waals surface area contributed by atoms with Crippen LogP contribution >= 0.6 is 23.8 Å². The average molecular weight is 465 g/mol. The monoisotopic (exact) mass is 464 g/mol. The molecule has 3 heterocycles. The number of nitrogens with zero attached hydrogens (tertiary/aromatic N) is 3. The quantitative estimate of drug-likeness (QED) is 0.163. The summed E-state index contributed by atoms with van der Waals surface area (Å²) in [6.45, 7) is -0.667. The van der Waals surface area contributed by atoms with Crippen molar-refractivity contribution in [1.82, 2.24) is 19.5 Å². The van der Waals surface area contributed by atoms with E-state index in [0.29, 0.717) is 0 Å². The molecule has 1 aliphatic rings. The van der Waals surface area contributed by atoms with E-state index in [1.807, 2.05) is 0 Å². The largest absolute Gasteiger partial charge is 0.469 e. The molecule has 4 unspecified atom stereocenters. The maximum Gasteiger partial charge on any atom is 0.469 e. The summed E-state index contributed by atoms with van der Waals surface area (Å²) >= 11 is 3.11. The summed E-state index contributed by atoms with van der Waals surface area (Å²) < 4.78 is 21.8. The smallest absolute Gasteiger partial charge is 0.387 e. The van der Waals surface area contributed by atoms with Crippen molar-refractivity contribution in [3.8, 4) is 0 Å². The van der Waals surface area contributed by atoms with Gasteiger partial charge in [0.1, 0.15) is 18.3 Å². The second kappa shape index (κ2) is 7.93. The van der Waals surface area contributed by atoms with E-state index in [9.17, 15) is 19.6 Å². The minimum absolute atomic E-state index is 0.